The standard InChI is InChI=1S/C24H25N3O4S/c1-18-12-14-20(15-13-18)27(32(2,30)31)17-23(28)26-22-11-7-6-10-21(22)24(29)25-16-19-8-4-3-5-9-19/h3-15H,16-17H2,1-2H3,(H,25,29)(H,26,28). The second-order valence-corrected chi connectivity index (χ2v) is 9.27. The average molecular weight is 452 g/mol. The van der Waals surface area contributed by atoms with E-state index in [1.54, 1.807) is 48.5 Å². The minimum Gasteiger partial charge on any atom is -0.348 e. The molecule has 0 saturated carbocycles. The summed E-state index contributed by atoms with van der Waals surface area (Å²) in [4.78, 5) is 25.4. The monoisotopic (exact) mass is 451 g/mol. The van der Waals surface area contributed by atoms with Gasteiger partial charge in [-0.05, 0) is 36.8 Å². The zero-order valence-electron chi connectivity index (χ0n) is 17.9. The van der Waals surface area contributed by atoms with Crippen molar-refractivity contribution in [2.24, 2.45) is 0 Å². The molecule has 0 atom stereocenters. The van der Waals surface area contributed by atoms with Gasteiger partial charge in [0.2, 0.25) is 15.9 Å². The summed E-state index contributed by atoms with van der Waals surface area (Å²) in [5.74, 6) is -0.900. The van der Waals surface area contributed by atoms with Gasteiger partial charge in [0.25, 0.3) is 5.91 Å². The van der Waals surface area contributed by atoms with Gasteiger partial charge in [0.15, 0.2) is 0 Å². The summed E-state index contributed by atoms with van der Waals surface area (Å²) in [5.41, 5.74) is 2.91. The highest BCUT2D eigenvalue weighted by Crippen LogP contribution is 2.19. The van der Waals surface area contributed by atoms with Gasteiger partial charge in [-0.1, -0.05) is 60.2 Å². The van der Waals surface area contributed by atoms with Crippen LogP contribution in [-0.4, -0.2) is 33.0 Å². The maximum Gasteiger partial charge on any atom is 0.253 e. The number of hydrogen-bond donors (Lipinski definition) is 2. The van der Waals surface area contributed by atoms with E-state index in [4.69, 9.17) is 0 Å². The third-order valence-corrected chi connectivity index (χ3v) is 5.89. The molecule has 0 aliphatic rings. The highest BCUT2D eigenvalue weighted by Gasteiger charge is 2.22. The summed E-state index contributed by atoms with van der Waals surface area (Å²) < 4.78 is 25.6. The highest BCUT2D eigenvalue weighted by molar-refractivity contribution is 7.92. The lowest BCUT2D eigenvalue weighted by Crippen LogP contribution is -2.37. The van der Waals surface area contributed by atoms with Crippen LogP contribution in [0.5, 0.6) is 0 Å². The number of carbonyl (C=O) groups excluding carboxylic acids is 2. The van der Waals surface area contributed by atoms with Crippen molar-refractivity contribution in [2.45, 2.75) is 13.5 Å². The molecule has 7 nitrogen and oxygen atoms in total. The van der Waals surface area contributed by atoms with Crippen molar-refractivity contribution < 1.29 is 18.0 Å². The molecular weight excluding hydrogens is 426 g/mol. The number of carbonyl (C=O) groups is 2. The molecule has 0 bridgehead atoms. The fourth-order valence-electron chi connectivity index (χ4n) is 3.09. The fourth-order valence-corrected chi connectivity index (χ4v) is 3.95. The van der Waals surface area contributed by atoms with Crippen LogP contribution in [0.4, 0.5) is 11.4 Å². The molecule has 0 fully saturated rings. The molecule has 3 rings (SSSR count). The first kappa shape index (κ1) is 23.0. The van der Waals surface area contributed by atoms with Crippen molar-refractivity contribution >= 4 is 33.2 Å². The third kappa shape index (κ3) is 6.18. The van der Waals surface area contributed by atoms with Gasteiger partial charge in [0, 0.05) is 6.54 Å². The van der Waals surface area contributed by atoms with Crippen molar-refractivity contribution in [3.63, 3.8) is 0 Å². The predicted octanol–water partition coefficient (Wildman–Crippen LogP) is 3.33. The summed E-state index contributed by atoms with van der Waals surface area (Å²) >= 11 is 0. The third-order valence-electron chi connectivity index (χ3n) is 4.75. The first-order valence-electron chi connectivity index (χ1n) is 9.99. The van der Waals surface area contributed by atoms with Gasteiger partial charge >= 0.3 is 0 Å². The average Bonchev–Trinajstić information content (AvgIpc) is 2.77. The van der Waals surface area contributed by atoms with Crippen LogP contribution < -0.4 is 14.9 Å². The Morgan fingerprint density at radius 3 is 2.16 bits per heavy atom. The molecule has 0 spiro atoms. The Morgan fingerprint density at radius 2 is 1.50 bits per heavy atom. The number of sulfonamides is 1. The molecule has 0 aliphatic heterocycles. The van der Waals surface area contributed by atoms with Crippen molar-refractivity contribution in [2.75, 3.05) is 22.4 Å². The summed E-state index contributed by atoms with van der Waals surface area (Å²) in [5, 5.41) is 5.50. The van der Waals surface area contributed by atoms with Crippen LogP contribution in [0, 0.1) is 6.92 Å². The van der Waals surface area contributed by atoms with E-state index in [-0.39, 0.29) is 11.5 Å². The van der Waals surface area contributed by atoms with Crippen molar-refractivity contribution in [3.8, 4) is 0 Å². The lowest BCUT2D eigenvalue weighted by Gasteiger charge is -2.22. The number of nitrogens with one attached hydrogen (secondary N) is 2. The minimum atomic E-state index is -3.69. The second-order valence-electron chi connectivity index (χ2n) is 7.37. The van der Waals surface area contributed by atoms with Crippen LogP contribution in [0.25, 0.3) is 0 Å². The number of aryl methyl sites for hydroxylation is 1. The quantitative estimate of drug-likeness (QED) is 0.549. The summed E-state index contributed by atoms with van der Waals surface area (Å²) in [6.07, 6.45) is 1.05. The number of nitrogens with zero attached hydrogens (tertiary/aromatic N) is 1. The molecule has 0 saturated heterocycles. The topological polar surface area (TPSA) is 95.6 Å². The van der Waals surface area contributed by atoms with E-state index >= 15 is 0 Å². The number of amides is 2. The molecule has 0 unspecified atom stereocenters. The number of para-hydroxylation sites is 1. The van der Waals surface area contributed by atoms with Gasteiger partial charge in [0.1, 0.15) is 6.54 Å². The molecule has 32 heavy (non-hydrogen) atoms. The molecule has 0 radical (unpaired) electrons. The molecule has 2 N–H and O–H groups in total. The fraction of sp³-hybridized carbons (Fsp3) is 0.167. The lowest BCUT2D eigenvalue weighted by atomic mass is 10.1. The minimum absolute atomic E-state index is 0.290. The van der Waals surface area contributed by atoms with Crippen LogP contribution in [0.3, 0.4) is 0 Å². The van der Waals surface area contributed by atoms with E-state index in [0.29, 0.717) is 17.9 Å². The van der Waals surface area contributed by atoms with Crippen LogP contribution in [0.1, 0.15) is 21.5 Å². The molecule has 0 heterocycles. The Morgan fingerprint density at radius 1 is 0.875 bits per heavy atom. The SMILES string of the molecule is Cc1ccc(N(CC(=O)Nc2ccccc2C(=O)NCc2ccccc2)S(C)(=O)=O)cc1. The van der Waals surface area contributed by atoms with Gasteiger partial charge in [-0.3, -0.25) is 13.9 Å². The van der Waals surface area contributed by atoms with Crippen LogP contribution in [0.15, 0.2) is 78.9 Å². The number of rotatable bonds is 8. The van der Waals surface area contributed by atoms with E-state index in [1.807, 2.05) is 37.3 Å². The lowest BCUT2D eigenvalue weighted by molar-refractivity contribution is -0.114. The van der Waals surface area contributed by atoms with Crippen LogP contribution >= 0.6 is 0 Å². The molecular formula is C24H25N3O4S. The van der Waals surface area contributed by atoms with E-state index in [0.717, 1.165) is 21.7 Å². The normalized spacial score (nSPS) is 10.9. The van der Waals surface area contributed by atoms with Crippen LogP contribution in [0.2, 0.25) is 0 Å². The summed E-state index contributed by atoms with van der Waals surface area (Å²) in [6.45, 7) is 1.82. The molecule has 3 aromatic rings. The highest BCUT2D eigenvalue weighted by atomic mass is 32.2. The Bertz CT molecular complexity index is 1190. The number of hydrogen-bond acceptors (Lipinski definition) is 4. The molecule has 0 aromatic heterocycles. The Balaban J connectivity index is 1.73. The van der Waals surface area contributed by atoms with Gasteiger partial charge in [0.05, 0.1) is 23.2 Å². The van der Waals surface area contributed by atoms with Crippen LogP contribution in [-0.2, 0) is 21.4 Å². The zero-order chi connectivity index (χ0) is 23.1. The predicted molar refractivity (Wildman–Crippen MR) is 126 cm³/mol. The zero-order valence-corrected chi connectivity index (χ0v) is 18.7. The van der Waals surface area contributed by atoms with E-state index in [2.05, 4.69) is 10.6 Å². The van der Waals surface area contributed by atoms with Gasteiger partial charge in [-0.2, -0.15) is 0 Å². The largest absolute Gasteiger partial charge is 0.348 e. The Kier molecular flexibility index (Phi) is 7.27. The molecule has 166 valence electrons. The van der Waals surface area contributed by atoms with Crippen molar-refractivity contribution in [3.05, 3.63) is 95.6 Å². The number of benzene rings is 3. The van der Waals surface area contributed by atoms with Crippen molar-refractivity contribution in [1.29, 1.82) is 0 Å². The van der Waals surface area contributed by atoms with E-state index in [9.17, 15) is 18.0 Å². The van der Waals surface area contributed by atoms with Gasteiger partial charge in [-0.25, -0.2) is 8.42 Å². The molecule has 3 aromatic carbocycles. The smallest absolute Gasteiger partial charge is 0.253 e. The maximum atomic E-state index is 12.7. The van der Waals surface area contributed by atoms with Gasteiger partial charge in [-0.15, -0.1) is 0 Å². The Hall–Kier alpha value is -3.65. The molecule has 0 aliphatic carbocycles. The van der Waals surface area contributed by atoms with Crippen molar-refractivity contribution in [1.82, 2.24) is 5.32 Å². The molecule has 2 amide bonds. The number of anilines is 2. The van der Waals surface area contributed by atoms with Gasteiger partial charge < -0.3 is 10.6 Å². The maximum absolute atomic E-state index is 12.7. The summed E-state index contributed by atoms with van der Waals surface area (Å²) in [6, 6.07) is 22.9. The Labute approximate surface area is 188 Å². The van der Waals surface area contributed by atoms with E-state index in [1.165, 1.54) is 0 Å². The summed E-state index contributed by atoms with van der Waals surface area (Å²) in [7, 11) is -3.69. The first-order chi connectivity index (χ1) is 15.2. The second kappa shape index (κ2) is 10.1. The first-order valence-corrected chi connectivity index (χ1v) is 11.8. The molecule has 8 heteroatoms. The van der Waals surface area contributed by atoms with E-state index < -0.39 is 22.5 Å².